The highest BCUT2D eigenvalue weighted by Crippen LogP contribution is 2.23. The molecule has 3 heterocycles. The summed E-state index contributed by atoms with van der Waals surface area (Å²) in [4.78, 5) is 32.5. The van der Waals surface area contributed by atoms with E-state index in [0.717, 1.165) is 24.9 Å². The van der Waals surface area contributed by atoms with E-state index in [2.05, 4.69) is 28.9 Å². The van der Waals surface area contributed by atoms with Crippen molar-refractivity contribution in [2.45, 2.75) is 25.8 Å². The first kappa shape index (κ1) is 21.6. The minimum atomic E-state index is -0.154. The van der Waals surface area contributed by atoms with Crippen LogP contribution in [0, 0.1) is 5.92 Å². The van der Waals surface area contributed by atoms with Crippen molar-refractivity contribution in [3.63, 3.8) is 0 Å². The number of hydrogen-bond donors (Lipinski definition) is 1. The zero-order chi connectivity index (χ0) is 21.5. The molecule has 1 fully saturated rings. The lowest BCUT2D eigenvalue weighted by Crippen LogP contribution is -2.48. The van der Waals surface area contributed by atoms with Crippen LogP contribution in [0.3, 0.4) is 0 Å². The number of para-hydroxylation sites is 1. The fraction of sp³-hybridized carbons (Fsp3) is 0.333. The monoisotopic (exact) mass is 453 g/mol. The van der Waals surface area contributed by atoms with Gasteiger partial charge in [-0.3, -0.25) is 4.79 Å². The van der Waals surface area contributed by atoms with Gasteiger partial charge in [0.1, 0.15) is 0 Å². The molecule has 0 bridgehead atoms. The lowest BCUT2D eigenvalue weighted by Gasteiger charge is -2.35. The Labute approximate surface area is 191 Å². The molecule has 1 aliphatic heterocycles. The predicted octanol–water partition coefficient (Wildman–Crippen LogP) is 5.33. The van der Waals surface area contributed by atoms with E-state index in [-0.39, 0.29) is 17.9 Å². The molecule has 3 amide bonds. The van der Waals surface area contributed by atoms with Crippen LogP contribution in [0.2, 0.25) is 0 Å². The van der Waals surface area contributed by atoms with Gasteiger partial charge in [-0.25, -0.2) is 4.79 Å². The zero-order valence-electron chi connectivity index (χ0n) is 17.4. The second-order valence-corrected chi connectivity index (χ2v) is 9.81. The average molecular weight is 454 g/mol. The number of urea groups is 1. The van der Waals surface area contributed by atoms with Crippen LogP contribution in [0.5, 0.6) is 0 Å². The van der Waals surface area contributed by atoms with Crippen LogP contribution in [-0.2, 0) is 17.8 Å². The summed E-state index contributed by atoms with van der Waals surface area (Å²) in [6.45, 7) is 2.48. The molecule has 1 unspecified atom stereocenters. The second kappa shape index (κ2) is 10.6. The van der Waals surface area contributed by atoms with E-state index in [1.54, 1.807) is 27.6 Å². The number of anilines is 1. The van der Waals surface area contributed by atoms with Gasteiger partial charge in [0.25, 0.3) is 0 Å². The zero-order valence-corrected chi connectivity index (χ0v) is 19.0. The van der Waals surface area contributed by atoms with Crippen molar-refractivity contribution >= 4 is 40.3 Å². The Morgan fingerprint density at radius 2 is 1.74 bits per heavy atom. The number of likely N-dealkylation sites (tertiary alicyclic amines) is 1. The van der Waals surface area contributed by atoms with Crippen LogP contribution in [0.1, 0.15) is 22.6 Å². The highest BCUT2D eigenvalue weighted by Gasteiger charge is 2.31. The number of benzene rings is 1. The Morgan fingerprint density at radius 3 is 2.45 bits per heavy atom. The van der Waals surface area contributed by atoms with E-state index in [1.165, 1.54) is 9.75 Å². The Morgan fingerprint density at radius 1 is 1.00 bits per heavy atom. The topological polar surface area (TPSA) is 52.7 Å². The van der Waals surface area contributed by atoms with E-state index in [9.17, 15) is 9.59 Å². The molecule has 31 heavy (non-hydrogen) atoms. The molecule has 162 valence electrons. The Bertz CT molecular complexity index is 958. The molecular formula is C24H27N3O2S2. The van der Waals surface area contributed by atoms with E-state index < -0.39 is 0 Å². The lowest BCUT2D eigenvalue weighted by atomic mass is 9.96. The third-order valence-electron chi connectivity index (χ3n) is 5.53. The third kappa shape index (κ3) is 5.95. The number of amides is 3. The maximum absolute atomic E-state index is 13.5. The highest BCUT2D eigenvalue weighted by atomic mass is 32.1. The maximum Gasteiger partial charge on any atom is 0.321 e. The Hall–Kier alpha value is -2.64. The van der Waals surface area contributed by atoms with Crippen LogP contribution < -0.4 is 5.32 Å². The van der Waals surface area contributed by atoms with E-state index in [1.807, 2.05) is 46.7 Å². The fourth-order valence-corrected chi connectivity index (χ4v) is 5.32. The van der Waals surface area contributed by atoms with Crippen molar-refractivity contribution in [3.8, 4) is 0 Å². The van der Waals surface area contributed by atoms with Gasteiger partial charge in [-0.15, -0.1) is 22.7 Å². The molecule has 0 radical (unpaired) electrons. The molecule has 5 nitrogen and oxygen atoms in total. The molecule has 0 aliphatic carbocycles. The van der Waals surface area contributed by atoms with Gasteiger partial charge in [0.2, 0.25) is 5.91 Å². The number of carbonyl (C=O) groups is 2. The SMILES string of the molecule is O=C(Nc1ccccc1)N1CCCC(C(=O)N(CCc2cccs2)Cc2cccs2)C1. The number of carbonyl (C=O) groups excluding carboxylic acids is 2. The molecule has 1 atom stereocenters. The second-order valence-electron chi connectivity index (χ2n) is 7.75. The largest absolute Gasteiger partial charge is 0.337 e. The number of piperidine rings is 1. The van der Waals surface area contributed by atoms with Gasteiger partial charge in [-0.2, -0.15) is 0 Å². The molecule has 7 heteroatoms. The average Bonchev–Trinajstić information content (AvgIpc) is 3.51. The highest BCUT2D eigenvalue weighted by molar-refractivity contribution is 7.10. The number of nitrogens with zero attached hydrogens (tertiary/aromatic N) is 2. The molecule has 3 aromatic rings. The molecule has 0 spiro atoms. The summed E-state index contributed by atoms with van der Waals surface area (Å²) in [5.41, 5.74) is 0.774. The molecule has 1 N–H and O–H groups in total. The van der Waals surface area contributed by atoms with Gasteiger partial charge in [-0.1, -0.05) is 30.3 Å². The number of rotatable bonds is 7. The van der Waals surface area contributed by atoms with Crippen molar-refractivity contribution < 1.29 is 9.59 Å². The smallest absolute Gasteiger partial charge is 0.321 e. The molecule has 1 saturated heterocycles. The molecular weight excluding hydrogens is 426 g/mol. The first-order valence-electron chi connectivity index (χ1n) is 10.6. The Kier molecular flexibility index (Phi) is 7.38. The van der Waals surface area contributed by atoms with Gasteiger partial charge < -0.3 is 15.1 Å². The van der Waals surface area contributed by atoms with Gasteiger partial charge in [-0.05, 0) is 54.3 Å². The number of nitrogens with one attached hydrogen (secondary N) is 1. The Balaban J connectivity index is 1.40. The predicted molar refractivity (Wildman–Crippen MR) is 128 cm³/mol. The van der Waals surface area contributed by atoms with Crippen LogP contribution in [-0.4, -0.2) is 41.4 Å². The summed E-state index contributed by atoms with van der Waals surface area (Å²) in [6, 6.07) is 17.6. The molecule has 1 aliphatic rings. The molecule has 4 rings (SSSR count). The van der Waals surface area contributed by atoms with Crippen LogP contribution >= 0.6 is 22.7 Å². The normalized spacial score (nSPS) is 16.1. The minimum Gasteiger partial charge on any atom is -0.337 e. The van der Waals surface area contributed by atoms with Crippen LogP contribution in [0.25, 0.3) is 0 Å². The van der Waals surface area contributed by atoms with Crippen molar-refractivity contribution in [2.75, 3.05) is 25.0 Å². The molecule has 1 aromatic carbocycles. The summed E-state index contributed by atoms with van der Waals surface area (Å²) in [5, 5.41) is 7.07. The molecule has 2 aromatic heterocycles. The van der Waals surface area contributed by atoms with Crippen molar-refractivity contribution in [1.82, 2.24) is 9.80 Å². The van der Waals surface area contributed by atoms with Crippen molar-refractivity contribution in [2.24, 2.45) is 5.92 Å². The van der Waals surface area contributed by atoms with E-state index in [0.29, 0.717) is 26.2 Å². The fourth-order valence-electron chi connectivity index (χ4n) is 3.90. The van der Waals surface area contributed by atoms with Crippen molar-refractivity contribution in [1.29, 1.82) is 0 Å². The van der Waals surface area contributed by atoms with E-state index in [4.69, 9.17) is 0 Å². The standard InChI is InChI=1S/C24H27N3O2S2/c28-23(26(18-22-11-6-16-31-22)14-12-21-10-5-15-30-21)19-7-4-13-27(17-19)24(29)25-20-8-2-1-3-9-20/h1-3,5-6,8-11,15-16,19H,4,7,12-14,17-18H2,(H,25,29). The molecule has 0 saturated carbocycles. The first-order valence-corrected chi connectivity index (χ1v) is 12.4. The lowest BCUT2D eigenvalue weighted by molar-refractivity contribution is -0.137. The summed E-state index contributed by atoms with van der Waals surface area (Å²) < 4.78 is 0. The summed E-state index contributed by atoms with van der Waals surface area (Å²) in [7, 11) is 0. The summed E-state index contributed by atoms with van der Waals surface area (Å²) in [6.07, 6.45) is 2.53. The van der Waals surface area contributed by atoms with Crippen molar-refractivity contribution in [3.05, 3.63) is 75.1 Å². The summed E-state index contributed by atoms with van der Waals surface area (Å²) >= 11 is 3.41. The number of hydrogen-bond acceptors (Lipinski definition) is 4. The van der Waals surface area contributed by atoms with Gasteiger partial charge in [0, 0.05) is 35.1 Å². The first-order chi connectivity index (χ1) is 15.2. The quantitative estimate of drug-likeness (QED) is 0.526. The minimum absolute atomic E-state index is 0.132. The van der Waals surface area contributed by atoms with Gasteiger partial charge in [0.15, 0.2) is 0 Å². The third-order valence-corrected chi connectivity index (χ3v) is 7.33. The maximum atomic E-state index is 13.5. The summed E-state index contributed by atoms with van der Waals surface area (Å²) in [5.74, 6) is 0.000684. The van der Waals surface area contributed by atoms with Crippen LogP contribution in [0.15, 0.2) is 65.4 Å². The van der Waals surface area contributed by atoms with Gasteiger partial charge >= 0.3 is 6.03 Å². The number of thiophene rings is 2. The van der Waals surface area contributed by atoms with Gasteiger partial charge in [0.05, 0.1) is 12.5 Å². The van der Waals surface area contributed by atoms with E-state index >= 15 is 0 Å². The van der Waals surface area contributed by atoms with Crippen LogP contribution in [0.4, 0.5) is 10.5 Å².